The average Bonchev–Trinajstić information content (AvgIpc) is 2.98. The number of fused-ring (bicyclic) bond motifs is 3. The van der Waals surface area contributed by atoms with E-state index in [1.54, 1.807) is 6.07 Å². The highest BCUT2D eigenvalue weighted by Gasteiger charge is 2.30. The molecule has 118 valence electrons. The van der Waals surface area contributed by atoms with Gasteiger partial charge in [0.15, 0.2) is 0 Å². The minimum atomic E-state index is 0.219. The molecule has 8 heteroatoms. The first-order valence-corrected chi connectivity index (χ1v) is 7.91. The lowest BCUT2D eigenvalue weighted by atomic mass is 10.0. The Labute approximate surface area is 138 Å². The predicted octanol–water partition coefficient (Wildman–Crippen LogP) is 2.33. The number of halogens is 1. The summed E-state index contributed by atoms with van der Waals surface area (Å²) in [5, 5.41) is 4.50. The Morgan fingerprint density at radius 1 is 1.39 bits per heavy atom. The summed E-state index contributed by atoms with van der Waals surface area (Å²) in [5.41, 5.74) is 2.70. The predicted molar refractivity (Wildman–Crippen MR) is 85.9 cm³/mol. The van der Waals surface area contributed by atoms with Gasteiger partial charge in [-0.2, -0.15) is 4.68 Å². The number of ether oxygens (including phenoxy) is 1. The van der Waals surface area contributed by atoms with E-state index in [0.29, 0.717) is 25.6 Å². The van der Waals surface area contributed by atoms with Crippen LogP contribution in [-0.4, -0.2) is 45.5 Å². The lowest BCUT2D eigenvalue weighted by Crippen LogP contribution is -2.45. The molecular weight excluding hydrogens is 316 g/mol. The zero-order chi connectivity index (χ0) is 16.0. The summed E-state index contributed by atoms with van der Waals surface area (Å²) in [6, 6.07) is 2.00. The second-order valence-corrected chi connectivity index (χ2v) is 6.07. The summed E-state index contributed by atoms with van der Waals surface area (Å²) in [6.07, 6.45) is 0.776. The number of hydrogen-bond acceptors (Lipinski definition) is 5. The van der Waals surface area contributed by atoms with Crippen LogP contribution in [-0.2, 0) is 17.7 Å². The van der Waals surface area contributed by atoms with Gasteiger partial charge in [-0.25, -0.2) is 9.97 Å². The Morgan fingerprint density at radius 3 is 3.04 bits per heavy atom. The molecule has 2 aromatic heterocycles. The van der Waals surface area contributed by atoms with Crippen molar-refractivity contribution in [3.8, 4) is 11.4 Å². The van der Waals surface area contributed by atoms with E-state index >= 15 is 0 Å². The molecule has 0 bridgehead atoms. The number of anilines is 1. The molecule has 2 aromatic rings. The van der Waals surface area contributed by atoms with E-state index in [4.69, 9.17) is 22.9 Å². The van der Waals surface area contributed by atoms with Crippen LogP contribution >= 0.6 is 11.6 Å². The van der Waals surface area contributed by atoms with Gasteiger partial charge in [-0.05, 0) is 36.1 Å². The SMILES string of the molecule is [C-]#[N+]c1cc2n(n1)CCc1c-2nc(Cl)nc1N1CCOC[C@@H]1C. The van der Waals surface area contributed by atoms with E-state index in [2.05, 4.69) is 31.7 Å². The number of aryl methyl sites for hydroxylation is 1. The third kappa shape index (κ3) is 2.35. The van der Waals surface area contributed by atoms with Crippen LogP contribution in [0.3, 0.4) is 0 Å². The third-order valence-electron chi connectivity index (χ3n) is 4.30. The van der Waals surface area contributed by atoms with Crippen molar-refractivity contribution < 1.29 is 4.74 Å². The fourth-order valence-electron chi connectivity index (χ4n) is 3.20. The Balaban J connectivity index is 1.86. The summed E-state index contributed by atoms with van der Waals surface area (Å²) in [5.74, 6) is 1.26. The van der Waals surface area contributed by atoms with Crippen LogP contribution in [0.15, 0.2) is 6.07 Å². The maximum absolute atomic E-state index is 7.15. The average molecular weight is 331 g/mol. The van der Waals surface area contributed by atoms with Crippen molar-refractivity contribution in [2.24, 2.45) is 0 Å². The van der Waals surface area contributed by atoms with Gasteiger partial charge in [0.2, 0.25) is 5.28 Å². The molecule has 0 unspecified atom stereocenters. The smallest absolute Gasteiger partial charge is 0.296 e. The van der Waals surface area contributed by atoms with Crippen LogP contribution in [0.5, 0.6) is 0 Å². The highest BCUT2D eigenvalue weighted by atomic mass is 35.5. The van der Waals surface area contributed by atoms with Crippen molar-refractivity contribution in [2.75, 3.05) is 24.7 Å². The van der Waals surface area contributed by atoms with Crippen molar-refractivity contribution in [2.45, 2.75) is 25.9 Å². The first-order valence-electron chi connectivity index (χ1n) is 7.54. The van der Waals surface area contributed by atoms with Gasteiger partial charge < -0.3 is 14.5 Å². The van der Waals surface area contributed by atoms with E-state index in [0.717, 1.165) is 35.7 Å². The number of morpholine rings is 1. The number of hydrogen-bond donors (Lipinski definition) is 0. The third-order valence-corrected chi connectivity index (χ3v) is 4.46. The second-order valence-electron chi connectivity index (χ2n) is 5.73. The van der Waals surface area contributed by atoms with Crippen molar-refractivity contribution in [3.05, 3.63) is 28.3 Å². The standard InChI is InChI=1S/C15H15ClN6O/c1-9-8-23-6-5-21(9)14-10-3-4-22-11(7-12(17-2)20-22)13(10)18-15(16)19-14/h7,9H,3-6,8H2,1H3/t9-/m0/s1. The molecule has 1 saturated heterocycles. The van der Waals surface area contributed by atoms with Gasteiger partial charge in [0.05, 0.1) is 37.2 Å². The van der Waals surface area contributed by atoms with E-state index in [-0.39, 0.29) is 11.3 Å². The molecule has 7 nitrogen and oxygen atoms in total. The number of rotatable bonds is 1. The van der Waals surface area contributed by atoms with Gasteiger partial charge in [0.1, 0.15) is 5.82 Å². The first kappa shape index (κ1) is 14.4. The van der Waals surface area contributed by atoms with Crippen molar-refractivity contribution in [1.29, 1.82) is 0 Å². The molecule has 0 amide bonds. The van der Waals surface area contributed by atoms with Crippen LogP contribution in [0.1, 0.15) is 12.5 Å². The molecule has 0 saturated carbocycles. The van der Waals surface area contributed by atoms with Crippen molar-refractivity contribution in [1.82, 2.24) is 19.7 Å². The molecule has 2 aliphatic heterocycles. The Kier molecular flexibility index (Phi) is 3.43. The van der Waals surface area contributed by atoms with E-state index < -0.39 is 0 Å². The molecule has 4 rings (SSSR count). The monoisotopic (exact) mass is 330 g/mol. The maximum atomic E-state index is 7.15. The molecular formula is C15H15ClN6O. The van der Waals surface area contributed by atoms with Gasteiger partial charge in [0.25, 0.3) is 5.82 Å². The second kappa shape index (κ2) is 5.48. The van der Waals surface area contributed by atoms with Gasteiger partial charge in [-0.3, -0.25) is 0 Å². The highest BCUT2D eigenvalue weighted by Crippen LogP contribution is 2.36. The van der Waals surface area contributed by atoms with Crippen LogP contribution in [0.25, 0.3) is 16.2 Å². The van der Waals surface area contributed by atoms with Crippen LogP contribution in [0.2, 0.25) is 5.28 Å². The van der Waals surface area contributed by atoms with Crippen LogP contribution < -0.4 is 4.90 Å². The van der Waals surface area contributed by atoms with Crippen molar-refractivity contribution >= 4 is 23.2 Å². The Bertz CT molecular complexity index is 811. The molecule has 2 aliphatic rings. The van der Waals surface area contributed by atoms with E-state index in [1.807, 2.05) is 4.68 Å². The molecule has 1 atom stereocenters. The van der Waals surface area contributed by atoms with Gasteiger partial charge in [0, 0.05) is 12.1 Å². The molecule has 23 heavy (non-hydrogen) atoms. The summed E-state index contributed by atoms with van der Waals surface area (Å²) in [6.45, 7) is 12.1. The van der Waals surface area contributed by atoms with Crippen LogP contribution in [0, 0.1) is 6.57 Å². The molecule has 4 heterocycles. The van der Waals surface area contributed by atoms with Crippen LogP contribution in [0.4, 0.5) is 11.6 Å². The molecule has 0 spiro atoms. The van der Waals surface area contributed by atoms with Gasteiger partial charge in [-0.1, -0.05) is 6.57 Å². The largest absolute Gasteiger partial charge is 0.377 e. The fraction of sp³-hybridized carbons (Fsp3) is 0.467. The fourth-order valence-corrected chi connectivity index (χ4v) is 3.37. The molecule has 0 N–H and O–H groups in total. The summed E-state index contributed by atoms with van der Waals surface area (Å²) < 4.78 is 7.34. The molecule has 0 aliphatic carbocycles. The van der Waals surface area contributed by atoms with Gasteiger partial charge in [-0.15, -0.1) is 0 Å². The Morgan fingerprint density at radius 2 is 2.26 bits per heavy atom. The lowest BCUT2D eigenvalue weighted by Gasteiger charge is -2.36. The van der Waals surface area contributed by atoms with Crippen molar-refractivity contribution in [3.63, 3.8) is 0 Å². The van der Waals surface area contributed by atoms with E-state index in [1.165, 1.54) is 0 Å². The summed E-state index contributed by atoms with van der Waals surface area (Å²) in [4.78, 5) is 14.6. The van der Waals surface area contributed by atoms with Gasteiger partial charge >= 0.3 is 0 Å². The number of nitrogens with zero attached hydrogens (tertiary/aromatic N) is 6. The minimum absolute atomic E-state index is 0.219. The summed E-state index contributed by atoms with van der Waals surface area (Å²) in [7, 11) is 0. The Hall–Kier alpha value is -2.17. The topological polar surface area (TPSA) is 60.4 Å². The number of aromatic nitrogens is 4. The lowest BCUT2D eigenvalue weighted by molar-refractivity contribution is 0.0984. The quantitative estimate of drug-likeness (QED) is 0.593. The summed E-state index contributed by atoms with van der Waals surface area (Å²) >= 11 is 6.19. The zero-order valence-corrected chi connectivity index (χ0v) is 13.4. The maximum Gasteiger partial charge on any atom is 0.296 e. The van der Waals surface area contributed by atoms with E-state index in [9.17, 15) is 0 Å². The highest BCUT2D eigenvalue weighted by molar-refractivity contribution is 6.28. The first-order chi connectivity index (χ1) is 11.2. The normalized spacial score (nSPS) is 19.9. The molecule has 0 radical (unpaired) electrons. The minimum Gasteiger partial charge on any atom is -0.377 e. The molecule has 1 fully saturated rings. The molecule has 0 aromatic carbocycles. The zero-order valence-electron chi connectivity index (χ0n) is 12.7.